The second-order valence-corrected chi connectivity index (χ2v) is 3.94. The first kappa shape index (κ1) is 10.9. The van der Waals surface area contributed by atoms with Gasteiger partial charge in [0.05, 0.1) is 0 Å². The van der Waals surface area contributed by atoms with Crippen molar-refractivity contribution in [2.45, 2.75) is 5.72 Å². The first-order valence-electron chi connectivity index (χ1n) is 4.99. The van der Waals surface area contributed by atoms with E-state index in [4.69, 9.17) is 0 Å². The van der Waals surface area contributed by atoms with E-state index in [9.17, 15) is 9.90 Å². The van der Waals surface area contributed by atoms with E-state index in [2.05, 4.69) is 6.58 Å². The van der Waals surface area contributed by atoms with Crippen molar-refractivity contribution in [2.75, 3.05) is 14.1 Å². The summed E-state index contributed by atoms with van der Waals surface area (Å²) in [6.07, 6.45) is 1.37. The van der Waals surface area contributed by atoms with E-state index >= 15 is 0 Å². The van der Waals surface area contributed by atoms with Gasteiger partial charge in [0, 0.05) is 25.2 Å². The van der Waals surface area contributed by atoms with Gasteiger partial charge < -0.3 is 5.11 Å². The van der Waals surface area contributed by atoms with E-state index in [0.29, 0.717) is 11.1 Å². The molecule has 1 unspecified atom stereocenters. The molecule has 0 bridgehead atoms. The number of benzene rings is 1. The summed E-state index contributed by atoms with van der Waals surface area (Å²) in [5.74, 6) is -0.219. The Morgan fingerprint density at radius 3 is 2.62 bits per heavy atom. The molecular formula is C12H14N2O2. The van der Waals surface area contributed by atoms with Crippen LogP contribution < -0.4 is 0 Å². The first-order chi connectivity index (χ1) is 7.52. The van der Waals surface area contributed by atoms with Crippen LogP contribution in [0.2, 0.25) is 0 Å². The minimum absolute atomic E-state index is 0.219. The maximum absolute atomic E-state index is 12.1. The zero-order chi connectivity index (χ0) is 11.9. The van der Waals surface area contributed by atoms with Gasteiger partial charge in [-0.05, 0) is 12.1 Å². The third-order valence-electron chi connectivity index (χ3n) is 2.75. The van der Waals surface area contributed by atoms with Gasteiger partial charge in [0.2, 0.25) is 5.72 Å². The summed E-state index contributed by atoms with van der Waals surface area (Å²) in [5, 5.41) is 13.3. The molecule has 1 heterocycles. The second kappa shape index (κ2) is 3.43. The Balaban J connectivity index is 2.66. The minimum Gasteiger partial charge on any atom is -0.362 e. The van der Waals surface area contributed by atoms with Crippen LogP contribution in [0, 0.1) is 0 Å². The molecule has 1 aliphatic rings. The molecule has 84 valence electrons. The summed E-state index contributed by atoms with van der Waals surface area (Å²) in [6.45, 7) is 3.61. The average molecular weight is 218 g/mol. The molecule has 1 aromatic carbocycles. The summed E-state index contributed by atoms with van der Waals surface area (Å²) in [5.41, 5.74) is -0.362. The Morgan fingerprint density at radius 2 is 2.06 bits per heavy atom. The second-order valence-electron chi connectivity index (χ2n) is 3.94. The molecule has 16 heavy (non-hydrogen) atoms. The van der Waals surface area contributed by atoms with Gasteiger partial charge in [-0.1, -0.05) is 24.8 Å². The molecule has 1 atom stereocenters. The van der Waals surface area contributed by atoms with Gasteiger partial charge in [0.1, 0.15) is 0 Å². The van der Waals surface area contributed by atoms with Crippen LogP contribution in [0.3, 0.4) is 0 Å². The van der Waals surface area contributed by atoms with Crippen molar-refractivity contribution in [1.29, 1.82) is 0 Å². The average Bonchev–Trinajstić information content (AvgIpc) is 2.50. The molecule has 1 N–H and O–H groups in total. The van der Waals surface area contributed by atoms with Crippen molar-refractivity contribution < 1.29 is 9.90 Å². The van der Waals surface area contributed by atoms with E-state index < -0.39 is 5.72 Å². The number of amides is 1. The van der Waals surface area contributed by atoms with Crippen LogP contribution >= 0.6 is 0 Å². The van der Waals surface area contributed by atoms with Crippen molar-refractivity contribution in [3.8, 4) is 0 Å². The molecule has 1 aliphatic heterocycles. The van der Waals surface area contributed by atoms with E-state index in [1.165, 1.54) is 11.1 Å². The highest BCUT2D eigenvalue weighted by atomic mass is 16.3. The molecule has 0 saturated carbocycles. The first-order valence-corrected chi connectivity index (χ1v) is 4.99. The fourth-order valence-electron chi connectivity index (χ4n) is 2.06. The highest BCUT2D eigenvalue weighted by Gasteiger charge is 2.47. The van der Waals surface area contributed by atoms with Crippen molar-refractivity contribution in [3.63, 3.8) is 0 Å². The predicted octanol–water partition coefficient (Wildman–Crippen LogP) is 0.950. The quantitative estimate of drug-likeness (QED) is 0.752. The summed E-state index contributed by atoms with van der Waals surface area (Å²) < 4.78 is 0. The van der Waals surface area contributed by atoms with Gasteiger partial charge in [0.15, 0.2) is 0 Å². The topological polar surface area (TPSA) is 43.8 Å². The van der Waals surface area contributed by atoms with E-state index in [-0.39, 0.29) is 5.91 Å². The van der Waals surface area contributed by atoms with Crippen LogP contribution in [0.5, 0.6) is 0 Å². The fourth-order valence-corrected chi connectivity index (χ4v) is 2.06. The van der Waals surface area contributed by atoms with E-state index in [0.717, 1.165) is 0 Å². The van der Waals surface area contributed by atoms with Gasteiger partial charge in [-0.2, -0.15) is 0 Å². The minimum atomic E-state index is -1.45. The number of carbonyl (C=O) groups is 1. The third-order valence-corrected chi connectivity index (χ3v) is 2.75. The molecule has 0 saturated heterocycles. The van der Waals surface area contributed by atoms with Crippen LogP contribution in [0.15, 0.2) is 36.9 Å². The number of hydrogen-bond donors (Lipinski definition) is 1. The molecule has 4 heteroatoms. The Hall–Kier alpha value is -1.65. The summed E-state index contributed by atoms with van der Waals surface area (Å²) in [6, 6.07) is 7.01. The zero-order valence-corrected chi connectivity index (χ0v) is 9.34. The lowest BCUT2D eigenvalue weighted by Crippen LogP contribution is -2.50. The third kappa shape index (κ3) is 1.20. The lowest BCUT2D eigenvalue weighted by Gasteiger charge is -2.35. The van der Waals surface area contributed by atoms with Crippen molar-refractivity contribution in [3.05, 3.63) is 48.0 Å². The molecule has 0 spiro atoms. The van der Waals surface area contributed by atoms with Crippen LogP contribution in [-0.4, -0.2) is 35.1 Å². The Bertz CT molecular complexity index is 456. The van der Waals surface area contributed by atoms with Gasteiger partial charge in [-0.15, -0.1) is 0 Å². The number of nitrogens with zero attached hydrogens (tertiary/aromatic N) is 2. The maximum atomic E-state index is 12.1. The molecule has 0 fully saturated rings. The van der Waals surface area contributed by atoms with Crippen LogP contribution in [-0.2, 0) is 5.72 Å². The number of hydrogen-bond acceptors (Lipinski definition) is 3. The number of rotatable bonds is 2. The highest BCUT2D eigenvalue weighted by Crippen LogP contribution is 2.38. The van der Waals surface area contributed by atoms with E-state index in [1.807, 2.05) is 0 Å². The summed E-state index contributed by atoms with van der Waals surface area (Å²) >= 11 is 0. The monoisotopic (exact) mass is 218 g/mol. The Labute approximate surface area is 94.4 Å². The molecule has 1 aromatic rings. The van der Waals surface area contributed by atoms with Gasteiger partial charge in [0.25, 0.3) is 5.91 Å². The normalized spacial score (nSPS) is 23.8. The standard InChI is InChI=1S/C12H14N2O2/c1-4-12(16)10-8-6-5-7-9(10)11(15)14(12)13(2)3/h4-8,16H,1H2,2-3H3. The smallest absolute Gasteiger partial charge is 0.271 e. The number of fused-ring (bicyclic) bond motifs is 1. The number of hydrazine groups is 1. The fraction of sp³-hybridized carbons (Fsp3) is 0.250. The molecule has 2 rings (SSSR count). The predicted molar refractivity (Wildman–Crippen MR) is 60.4 cm³/mol. The van der Waals surface area contributed by atoms with Gasteiger partial charge in [-0.3, -0.25) is 4.79 Å². The summed E-state index contributed by atoms with van der Waals surface area (Å²) in [7, 11) is 3.41. The lowest BCUT2D eigenvalue weighted by atomic mass is 10.0. The molecule has 0 radical (unpaired) electrons. The molecular weight excluding hydrogens is 204 g/mol. The number of aliphatic hydroxyl groups is 1. The lowest BCUT2D eigenvalue weighted by molar-refractivity contribution is -0.131. The van der Waals surface area contributed by atoms with Crippen LogP contribution in [0.4, 0.5) is 0 Å². The largest absolute Gasteiger partial charge is 0.362 e. The van der Waals surface area contributed by atoms with Crippen LogP contribution in [0.25, 0.3) is 0 Å². The maximum Gasteiger partial charge on any atom is 0.271 e. The Morgan fingerprint density at radius 1 is 1.44 bits per heavy atom. The number of carbonyl (C=O) groups excluding carboxylic acids is 1. The summed E-state index contributed by atoms with van der Waals surface area (Å²) in [4.78, 5) is 12.1. The van der Waals surface area contributed by atoms with Gasteiger partial charge >= 0.3 is 0 Å². The van der Waals surface area contributed by atoms with Crippen molar-refractivity contribution in [2.24, 2.45) is 0 Å². The molecule has 4 nitrogen and oxygen atoms in total. The van der Waals surface area contributed by atoms with Crippen molar-refractivity contribution >= 4 is 5.91 Å². The van der Waals surface area contributed by atoms with Crippen LogP contribution in [0.1, 0.15) is 15.9 Å². The Kier molecular flexibility index (Phi) is 2.33. The zero-order valence-electron chi connectivity index (χ0n) is 9.34. The van der Waals surface area contributed by atoms with Gasteiger partial charge in [-0.25, -0.2) is 10.0 Å². The molecule has 0 aromatic heterocycles. The SMILES string of the molecule is C=CC1(O)c2ccccc2C(=O)N1N(C)C. The highest BCUT2D eigenvalue weighted by molar-refractivity contribution is 5.99. The molecule has 1 amide bonds. The van der Waals surface area contributed by atoms with E-state index in [1.54, 1.807) is 43.4 Å². The van der Waals surface area contributed by atoms with Crippen molar-refractivity contribution in [1.82, 2.24) is 10.0 Å². The molecule has 0 aliphatic carbocycles.